The summed E-state index contributed by atoms with van der Waals surface area (Å²) >= 11 is 0. The van der Waals surface area contributed by atoms with Crippen molar-refractivity contribution in [1.82, 2.24) is 0 Å². The molecule has 0 aliphatic rings. The molecule has 2 nitrogen and oxygen atoms in total. The highest BCUT2D eigenvalue weighted by Gasteiger charge is 2.07. The van der Waals surface area contributed by atoms with Crippen LogP contribution in [0.25, 0.3) is 0 Å². The highest BCUT2D eigenvalue weighted by atomic mass is 32.2. The van der Waals surface area contributed by atoms with Crippen LogP contribution in [0.3, 0.4) is 0 Å². The van der Waals surface area contributed by atoms with Crippen molar-refractivity contribution >= 4 is 9.84 Å². The number of rotatable bonds is 6. The first-order chi connectivity index (χ1) is 5.12. The van der Waals surface area contributed by atoms with Crippen LogP contribution in [-0.2, 0) is 9.84 Å². The molecule has 0 rings (SSSR count). The van der Waals surface area contributed by atoms with E-state index in [-0.39, 0.29) is 0 Å². The van der Waals surface area contributed by atoms with E-state index in [0.717, 1.165) is 12.8 Å². The molecule has 0 aliphatic heterocycles. The van der Waals surface area contributed by atoms with Crippen LogP contribution in [0.15, 0.2) is 0 Å². The van der Waals surface area contributed by atoms with Crippen molar-refractivity contribution in [2.45, 2.75) is 32.6 Å². The first kappa shape index (κ1) is 11.0. The molecule has 11 heavy (non-hydrogen) atoms. The molecule has 0 N–H and O–H groups in total. The number of sulfone groups is 1. The van der Waals surface area contributed by atoms with Gasteiger partial charge < -0.3 is 0 Å². The predicted molar refractivity (Wildman–Crippen MR) is 48.2 cm³/mol. The first-order valence-corrected chi connectivity index (χ1v) is 5.94. The van der Waals surface area contributed by atoms with E-state index in [9.17, 15) is 8.42 Å². The van der Waals surface area contributed by atoms with Gasteiger partial charge in [-0.25, -0.2) is 8.42 Å². The standard InChI is InChI=1S/C8H17O2S/c1-3-5-7-11(9,10)8-6-4-2/h1,3-8H2,2H3. The molecule has 0 saturated heterocycles. The fraction of sp³-hybridized carbons (Fsp3) is 0.875. The van der Waals surface area contributed by atoms with Crippen LogP contribution in [0, 0.1) is 6.92 Å². The van der Waals surface area contributed by atoms with Crippen LogP contribution in [0.5, 0.6) is 0 Å². The van der Waals surface area contributed by atoms with Gasteiger partial charge in [0.25, 0.3) is 0 Å². The molecule has 0 spiro atoms. The molecule has 0 unspecified atom stereocenters. The minimum atomic E-state index is -2.75. The maximum absolute atomic E-state index is 11.1. The largest absolute Gasteiger partial charge is 0.229 e. The second-order valence-electron chi connectivity index (χ2n) is 2.71. The van der Waals surface area contributed by atoms with Crippen LogP contribution in [0.4, 0.5) is 0 Å². The molecule has 3 heteroatoms. The van der Waals surface area contributed by atoms with Gasteiger partial charge in [0, 0.05) is 0 Å². The first-order valence-electron chi connectivity index (χ1n) is 4.12. The average Bonchev–Trinajstić information content (AvgIpc) is 1.97. The van der Waals surface area contributed by atoms with E-state index in [1.165, 1.54) is 0 Å². The molecule has 0 atom stereocenters. The van der Waals surface area contributed by atoms with Crippen LogP contribution in [0.1, 0.15) is 32.6 Å². The summed E-state index contributed by atoms with van der Waals surface area (Å²) in [6, 6.07) is 0. The van der Waals surface area contributed by atoms with Crippen molar-refractivity contribution < 1.29 is 8.42 Å². The molecular weight excluding hydrogens is 160 g/mol. The van der Waals surface area contributed by atoms with E-state index in [1.54, 1.807) is 0 Å². The van der Waals surface area contributed by atoms with Gasteiger partial charge in [0.2, 0.25) is 0 Å². The van der Waals surface area contributed by atoms with Crippen molar-refractivity contribution in [3.8, 4) is 0 Å². The van der Waals surface area contributed by atoms with Gasteiger partial charge in [0.05, 0.1) is 11.5 Å². The molecule has 0 aromatic carbocycles. The summed E-state index contributed by atoms with van der Waals surface area (Å²) in [6.45, 7) is 5.60. The maximum Gasteiger partial charge on any atom is 0.150 e. The van der Waals surface area contributed by atoms with E-state index in [2.05, 4.69) is 6.92 Å². The van der Waals surface area contributed by atoms with Gasteiger partial charge in [-0.1, -0.05) is 26.7 Å². The van der Waals surface area contributed by atoms with Gasteiger partial charge in [-0.3, -0.25) is 0 Å². The Labute approximate surface area is 69.9 Å². The molecular formula is C8H17O2S. The second kappa shape index (κ2) is 5.58. The number of hydrogen-bond donors (Lipinski definition) is 0. The normalized spacial score (nSPS) is 11.8. The van der Waals surface area contributed by atoms with Gasteiger partial charge in [0.15, 0.2) is 0 Å². The van der Waals surface area contributed by atoms with Gasteiger partial charge >= 0.3 is 0 Å². The third-order valence-electron chi connectivity index (χ3n) is 1.51. The zero-order chi connectivity index (χ0) is 8.74. The van der Waals surface area contributed by atoms with Crippen molar-refractivity contribution in [2.75, 3.05) is 11.5 Å². The quantitative estimate of drug-likeness (QED) is 0.620. The van der Waals surface area contributed by atoms with Gasteiger partial charge in [-0.15, -0.1) is 0 Å². The average molecular weight is 177 g/mol. The Bertz CT molecular complexity index is 157. The van der Waals surface area contributed by atoms with Gasteiger partial charge in [-0.2, -0.15) is 0 Å². The minimum Gasteiger partial charge on any atom is -0.229 e. The Morgan fingerprint density at radius 3 is 2.18 bits per heavy atom. The van der Waals surface area contributed by atoms with E-state index in [0.29, 0.717) is 24.3 Å². The minimum absolute atomic E-state index is 0.316. The van der Waals surface area contributed by atoms with Crippen LogP contribution < -0.4 is 0 Å². The SMILES string of the molecule is [CH2]CCCS(=O)(=O)CCCC. The zero-order valence-corrected chi connectivity index (χ0v) is 7.99. The predicted octanol–water partition coefficient (Wildman–Crippen LogP) is 1.82. The monoisotopic (exact) mass is 177 g/mol. The zero-order valence-electron chi connectivity index (χ0n) is 7.17. The lowest BCUT2D eigenvalue weighted by molar-refractivity contribution is 0.590. The summed E-state index contributed by atoms with van der Waals surface area (Å²) in [5.41, 5.74) is 0. The lowest BCUT2D eigenvalue weighted by Crippen LogP contribution is -2.10. The summed E-state index contributed by atoms with van der Waals surface area (Å²) in [6.07, 6.45) is 3.15. The Kier molecular flexibility index (Phi) is 5.56. The molecule has 0 fully saturated rings. The molecule has 0 aromatic rings. The summed E-state index contributed by atoms with van der Waals surface area (Å²) in [4.78, 5) is 0. The van der Waals surface area contributed by atoms with Crippen LogP contribution in [0.2, 0.25) is 0 Å². The molecule has 0 amide bonds. The summed E-state index contributed by atoms with van der Waals surface area (Å²) < 4.78 is 22.2. The Balaban J connectivity index is 3.63. The van der Waals surface area contributed by atoms with Gasteiger partial charge in [-0.05, 0) is 12.8 Å². The summed E-state index contributed by atoms with van der Waals surface area (Å²) in [5.74, 6) is 0.667. The van der Waals surface area contributed by atoms with E-state index in [1.807, 2.05) is 6.92 Å². The highest BCUT2D eigenvalue weighted by molar-refractivity contribution is 7.91. The summed E-state index contributed by atoms with van der Waals surface area (Å²) in [7, 11) is -2.75. The van der Waals surface area contributed by atoms with Crippen molar-refractivity contribution in [3.63, 3.8) is 0 Å². The number of hydrogen-bond acceptors (Lipinski definition) is 2. The molecule has 0 saturated carbocycles. The van der Waals surface area contributed by atoms with Crippen LogP contribution in [-0.4, -0.2) is 19.9 Å². The van der Waals surface area contributed by atoms with E-state index in [4.69, 9.17) is 0 Å². The Morgan fingerprint density at radius 1 is 1.18 bits per heavy atom. The second-order valence-corrected chi connectivity index (χ2v) is 5.02. The molecule has 1 radical (unpaired) electrons. The topological polar surface area (TPSA) is 34.1 Å². The molecule has 0 aliphatic carbocycles. The van der Waals surface area contributed by atoms with Crippen molar-refractivity contribution in [3.05, 3.63) is 6.92 Å². The molecule has 67 valence electrons. The fourth-order valence-corrected chi connectivity index (χ4v) is 2.36. The van der Waals surface area contributed by atoms with E-state index >= 15 is 0 Å². The van der Waals surface area contributed by atoms with E-state index < -0.39 is 9.84 Å². The van der Waals surface area contributed by atoms with Crippen molar-refractivity contribution in [1.29, 1.82) is 0 Å². The van der Waals surface area contributed by atoms with Crippen molar-refractivity contribution in [2.24, 2.45) is 0 Å². The molecule has 0 aromatic heterocycles. The highest BCUT2D eigenvalue weighted by Crippen LogP contribution is 2.00. The number of unbranched alkanes of at least 4 members (excludes halogenated alkanes) is 2. The summed E-state index contributed by atoms with van der Waals surface area (Å²) in [5, 5.41) is 0. The molecule has 0 heterocycles. The smallest absolute Gasteiger partial charge is 0.150 e. The third kappa shape index (κ3) is 6.35. The lowest BCUT2D eigenvalue weighted by Gasteiger charge is -2.00. The van der Waals surface area contributed by atoms with Crippen LogP contribution >= 0.6 is 0 Å². The fourth-order valence-electron chi connectivity index (χ4n) is 0.788. The Hall–Kier alpha value is -0.0500. The maximum atomic E-state index is 11.1. The lowest BCUT2D eigenvalue weighted by atomic mass is 10.4. The molecule has 0 bridgehead atoms. The van der Waals surface area contributed by atoms with Gasteiger partial charge in [0.1, 0.15) is 9.84 Å². The third-order valence-corrected chi connectivity index (χ3v) is 3.34. The Morgan fingerprint density at radius 2 is 1.73 bits per heavy atom.